The van der Waals surface area contributed by atoms with Crippen molar-refractivity contribution >= 4 is 11.9 Å². The van der Waals surface area contributed by atoms with Crippen LogP contribution in [0, 0.1) is 11.8 Å². The van der Waals surface area contributed by atoms with E-state index >= 15 is 0 Å². The van der Waals surface area contributed by atoms with Crippen LogP contribution >= 0.6 is 0 Å². The number of piperidine rings is 1. The van der Waals surface area contributed by atoms with Crippen LogP contribution in [0.2, 0.25) is 0 Å². The van der Waals surface area contributed by atoms with Gasteiger partial charge in [-0.1, -0.05) is 6.92 Å². The number of aliphatic imine (C=N–C) groups is 1. The summed E-state index contributed by atoms with van der Waals surface area (Å²) in [5, 5.41) is 6.37. The van der Waals surface area contributed by atoms with Gasteiger partial charge in [-0.2, -0.15) is 0 Å². The molecule has 2 aliphatic rings. The number of aromatic nitrogens is 2. The van der Waals surface area contributed by atoms with Gasteiger partial charge in [0.15, 0.2) is 5.96 Å². The predicted octanol–water partition coefficient (Wildman–Crippen LogP) is 1.26. The molecule has 1 aromatic heterocycles. The van der Waals surface area contributed by atoms with E-state index in [1.165, 1.54) is 0 Å². The summed E-state index contributed by atoms with van der Waals surface area (Å²) in [6, 6.07) is 0.412. The number of hydrogen-bond donors (Lipinski definition) is 2. The third-order valence-electron chi connectivity index (χ3n) is 5.08. The lowest BCUT2D eigenvalue weighted by Crippen LogP contribution is -2.49. The molecule has 1 aliphatic carbocycles. The Bertz CT molecular complexity index is 580. The molecule has 1 saturated heterocycles. The predicted molar refractivity (Wildman–Crippen MR) is 98.3 cm³/mol. The first-order valence-corrected chi connectivity index (χ1v) is 9.47. The SMILES string of the molecule is CCNC(=NCCNC(=O)C1CC1)N1CCC(C)C(n2ccnc2)C1. The van der Waals surface area contributed by atoms with Crippen LogP contribution < -0.4 is 10.6 Å². The summed E-state index contributed by atoms with van der Waals surface area (Å²) in [5.41, 5.74) is 0. The monoisotopic (exact) mass is 346 g/mol. The highest BCUT2D eigenvalue weighted by Crippen LogP contribution is 2.28. The third kappa shape index (κ3) is 4.74. The minimum Gasteiger partial charge on any atom is -0.357 e. The minimum absolute atomic E-state index is 0.187. The molecule has 0 bridgehead atoms. The maximum absolute atomic E-state index is 11.7. The fourth-order valence-electron chi connectivity index (χ4n) is 3.35. The Labute approximate surface area is 149 Å². The van der Waals surface area contributed by atoms with E-state index in [1.54, 1.807) is 0 Å². The molecule has 25 heavy (non-hydrogen) atoms. The number of amides is 1. The van der Waals surface area contributed by atoms with Crippen LogP contribution in [0.3, 0.4) is 0 Å². The van der Waals surface area contributed by atoms with Gasteiger partial charge in [-0.05, 0) is 32.1 Å². The van der Waals surface area contributed by atoms with Gasteiger partial charge in [0.25, 0.3) is 0 Å². The molecule has 1 aliphatic heterocycles. The van der Waals surface area contributed by atoms with E-state index in [0.717, 1.165) is 44.9 Å². The highest BCUT2D eigenvalue weighted by atomic mass is 16.2. The number of nitrogens with one attached hydrogen (secondary N) is 2. The van der Waals surface area contributed by atoms with E-state index in [4.69, 9.17) is 4.99 Å². The lowest BCUT2D eigenvalue weighted by atomic mass is 9.93. The molecule has 2 heterocycles. The van der Waals surface area contributed by atoms with E-state index < -0.39 is 0 Å². The average molecular weight is 346 g/mol. The van der Waals surface area contributed by atoms with E-state index in [-0.39, 0.29) is 11.8 Å². The van der Waals surface area contributed by atoms with Gasteiger partial charge >= 0.3 is 0 Å². The summed E-state index contributed by atoms with van der Waals surface area (Å²) in [6.07, 6.45) is 9.00. The lowest BCUT2D eigenvalue weighted by molar-refractivity contribution is -0.122. The van der Waals surface area contributed by atoms with Crippen LogP contribution in [0.5, 0.6) is 0 Å². The van der Waals surface area contributed by atoms with Crippen LogP contribution in [0.25, 0.3) is 0 Å². The van der Waals surface area contributed by atoms with E-state index in [0.29, 0.717) is 25.0 Å². The number of nitrogens with zero attached hydrogens (tertiary/aromatic N) is 4. The smallest absolute Gasteiger partial charge is 0.223 e. The van der Waals surface area contributed by atoms with Crippen LogP contribution in [0.15, 0.2) is 23.7 Å². The molecule has 3 rings (SSSR count). The number of carbonyl (C=O) groups excluding carboxylic acids is 1. The average Bonchev–Trinajstić information content (AvgIpc) is 3.33. The molecule has 1 amide bonds. The Morgan fingerprint density at radius 3 is 2.84 bits per heavy atom. The minimum atomic E-state index is 0.187. The molecule has 2 fully saturated rings. The first-order valence-electron chi connectivity index (χ1n) is 9.47. The molecular formula is C18H30N6O. The van der Waals surface area contributed by atoms with Gasteiger partial charge in [0.1, 0.15) is 0 Å². The quantitative estimate of drug-likeness (QED) is 0.462. The molecule has 7 heteroatoms. The van der Waals surface area contributed by atoms with Crippen molar-refractivity contribution in [3.05, 3.63) is 18.7 Å². The zero-order valence-corrected chi connectivity index (χ0v) is 15.3. The van der Waals surface area contributed by atoms with Crippen molar-refractivity contribution < 1.29 is 4.79 Å². The molecule has 7 nitrogen and oxygen atoms in total. The second kappa shape index (κ2) is 8.36. The molecular weight excluding hydrogens is 316 g/mol. The number of imidazole rings is 1. The van der Waals surface area contributed by atoms with E-state index in [1.807, 2.05) is 18.7 Å². The topological polar surface area (TPSA) is 74.6 Å². The molecule has 1 aromatic rings. The van der Waals surface area contributed by atoms with E-state index in [2.05, 4.69) is 38.9 Å². The maximum atomic E-state index is 11.7. The lowest BCUT2D eigenvalue weighted by Gasteiger charge is -2.39. The Balaban J connectivity index is 1.56. The van der Waals surface area contributed by atoms with Crippen molar-refractivity contribution in [1.29, 1.82) is 0 Å². The molecule has 2 atom stereocenters. The van der Waals surface area contributed by atoms with Gasteiger partial charge in [0.05, 0.1) is 18.9 Å². The third-order valence-corrected chi connectivity index (χ3v) is 5.08. The van der Waals surface area contributed by atoms with Gasteiger partial charge < -0.3 is 20.1 Å². The van der Waals surface area contributed by atoms with Gasteiger partial charge in [0.2, 0.25) is 5.91 Å². The summed E-state index contributed by atoms with van der Waals surface area (Å²) in [6.45, 7) is 8.39. The molecule has 138 valence electrons. The summed E-state index contributed by atoms with van der Waals surface area (Å²) >= 11 is 0. The number of likely N-dealkylation sites (tertiary alicyclic amines) is 1. The van der Waals surface area contributed by atoms with Gasteiger partial charge in [-0.15, -0.1) is 0 Å². The molecule has 0 aromatic carbocycles. The van der Waals surface area contributed by atoms with Crippen molar-refractivity contribution in [1.82, 2.24) is 25.1 Å². The Kier molecular flexibility index (Phi) is 5.94. The summed E-state index contributed by atoms with van der Waals surface area (Å²) < 4.78 is 2.20. The maximum Gasteiger partial charge on any atom is 0.223 e. The van der Waals surface area contributed by atoms with Crippen molar-refractivity contribution in [2.45, 2.75) is 39.2 Å². The largest absolute Gasteiger partial charge is 0.357 e. The molecule has 1 saturated carbocycles. The second-order valence-corrected chi connectivity index (χ2v) is 7.09. The normalized spacial score (nSPS) is 24.2. The molecule has 2 unspecified atom stereocenters. The first kappa shape index (κ1) is 17.8. The Hall–Kier alpha value is -2.05. The fraction of sp³-hybridized carbons (Fsp3) is 0.722. The molecule has 0 radical (unpaired) electrons. The van der Waals surface area contributed by atoms with Gasteiger partial charge in [-0.3, -0.25) is 9.79 Å². The zero-order chi connectivity index (χ0) is 17.6. The Morgan fingerprint density at radius 2 is 2.16 bits per heavy atom. The van der Waals surface area contributed by atoms with E-state index in [9.17, 15) is 4.79 Å². The molecule has 0 spiro atoms. The van der Waals surface area contributed by atoms with Gasteiger partial charge in [0, 0.05) is 44.5 Å². The van der Waals surface area contributed by atoms with Crippen LogP contribution in [-0.4, -0.2) is 59.0 Å². The first-order chi connectivity index (χ1) is 12.2. The summed E-state index contributed by atoms with van der Waals surface area (Å²) in [7, 11) is 0. The molecule has 2 N–H and O–H groups in total. The number of hydrogen-bond acceptors (Lipinski definition) is 3. The highest BCUT2D eigenvalue weighted by Gasteiger charge is 2.30. The van der Waals surface area contributed by atoms with Crippen molar-refractivity contribution in [2.24, 2.45) is 16.8 Å². The van der Waals surface area contributed by atoms with Crippen molar-refractivity contribution in [3.63, 3.8) is 0 Å². The second-order valence-electron chi connectivity index (χ2n) is 7.09. The van der Waals surface area contributed by atoms with Gasteiger partial charge in [-0.25, -0.2) is 4.98 Å². The van der Waals surface area contributed by atoms with Crippen LogP contribution in [0.4, 0.5) is 0 Å². The number of rotatable bonds is 6. The highest BCUT2D eigenvalue weighted by molar-refractivity contribution is 5.81. The summed E-state index contributed by atoms with van der Waals surface area (Å²) in [5.74, 6) is 2.01. The van der Waals surface area contributed by atoms with Crippen LogP contribution in [0.1, 0.15) is 39.2 Å². The fourth-order valence-corrected chi connectivity index (χ4v) is 3.35. The van der Waals surface area contributed by atoms with Crippen molar-refractivity contribution in [2.75, 3.05) is 32.7 Å². The number of carbonyl (C=O) groups is 1. The van der Waals surface area contributed by atoms with Crippen LogP contribution in [-0.2, 0) is 4.79 Å². The Morgan fingerprint density at radius 1 is 1.32 bits per heavy atom. The zero-order valence-electron chi connectivity index (χ0n) is 15.3. The van der Waals surface area contributed by atoms with Crippen molar-refractivity contribution in [3.8, 4) is 0 Å². The summed E-state index contributed by atoms with van der Waals surface area (Å²) in [4.78, 5) is 22.9. The number of guanidine groups is 1. The standard InChI is InChI=1S/C18H30N6O/c1-3-20-18(22-8-7-21-17(25)15-4-5-15)23-10-6-14(2)16(12-23)24-11-9-19-13-24/h9,11,13-16H,3-8,10,12H2,1-2H3,(H,20,22)(H,21,25).